The van der Waals surface area contributed by atoms with E-state index in [1.54, 1.807) is 0 Å². The van der Waals surface area contributed by atoms with Crippen molar-refractivity contribution in [1.82, 2.24) is 4.90 Å². The van der Waals surface area contributed by atoms with Crippen LogP contribution in [-0.4, -0.2) is 30.4 Å². The second-order valence-electron chi connectivity index (χ2n) is 3.86. The van der Waals surface area contributed by atoms with Gasteiger partial charge >= 0.3 is 0 Å². The van der Waals surface area contributed by atoms with Crippen molar-refractivity contribution in [3.05, 3.63) is 0 Å². The Morgan fingerprint density at radius 1 is 1.58 bits per heavy atom. The highest BCUT2D eigenvalue weighted by atomic mass is 16.2. The van der Waals surface area contributed by atoms with Crippen molar-refractivity contribution in [2.24, 2.45) is 17.6 Å². The molecule has 2 unspecified atom stereocenters. The fourth-order valence-electron chi connectivity index (χ4n) is 2.04. The fourth-order valence-corrected chi connectivity index (χ4v) is 2.04. The first-order valence-electron chi connectivity index (χ1n) is 4.82. The number of likely N-dealkylation sites (tertiary alicyclic amines) is 1. The van der Waals surface area contributed by atoms with Gasteiger partial charge in [0.2, 0.25) is 5.91 Å². The van der Waals surface area contributed by atoms with Crippen molar-refractivity contribution in [2.45, 2.75) is 19.3 Å². The lowest BCUT2D eigenvalue weighted by Crippen LogP contribution is -2.38. The van der Waals surface area contributed by atoms with Crippen LogP contribution in [0.3, 0.4) is 0 Å². The minimum absolute atomic E-state index is 0.389. The lowest BCUT2D eigenvalue weighted by molar-refractivity contribution is -0.134. The van der Waals surface area contributed by atoms with Crippen molar-refractivity contribution in [3.8, 4) is 0 Å². The number of nitrogens with zero attached hydrogens (tertiary/aromatic N) is 1. The second kappa shape index (κ2) is 3.05. The lowest BCUT2D eigenvalue weighted by atomic mass is 10.1. The number of hydrogen-bond acceptors (Lipinski definition) is 2. The van der Waals surface area contributed by atoms with Crippen molar-refractivity contribution in [3.63, 3.8) is 0 Å². The molecule has 0 bridgehead atoms. The third-order valence-corrected chi connectivity index (χ3v) is 2.95. The molecule has 2 N–H and O–H groups in total. The molecule has 3 nitrogen and oxygen atoms in total. The minimum atomic E-state index is 0.389. The van der Waals surface area contributed by atoms with E-state index in [1.165, 1.54) is 6.42 Å². The van der Waals surface area contributed by atoms with Gasteiger partial charge in [-0.2, -0.15) is 0 Å². The third-order valence-electron chi connectivity index (χ3n) is 2.95. The maximum atomic E-state index is 11.6. The van der Waals surface area contributed by atoms with E-state index in [0.717, 1.165) is 31.8 Å². The second-order valence-corrected chi connectivity index (χ2v) is 3.86. The number of carbonyl (C=O) groups excluding carboxylic acids is 1. The molecular formula is C9H16N2O. The standard InChI is InChI=1S/C9H16N2O/c10-3-1-4-11-5-2-7-6-8(7)9(11)12/h7-8H,1-6,10H2. The van der Waals surface area contributed by atoms with E-state index in [0.29, 0.717) is 18.4 Å². The van der Waals surface area contributed by atoms with E-state index < -0.39 is 0 Å². The van der Waals surface area contributed by atoms with Crippen LogP contribution < -0.4 is 5.73 Å². The number of nitrogens with two attached hydrogens (primary N) is 1. The molecule has 1 aliphatic heterocycles. The van der Waals surface area contributed by atoms with Gasteiger partial charge < -0.3 is 10.6 Å². The predicted molar refractivity (Wildman–Crippen MR) is 46.5 cm³/mol. The molecule has 0 aromatic rings. The van der Waals surface area contributed by atoms with Gasteiger partial charge in [-0.25, -0.2) is 0 Å². The van der Waals surface area contributed by atoms with Gasteiger partial charge in [0.25, 0.3) is 0 Å². The van der Waals surface area contributed by atoms with Gasteiger partial charge in [0, 0.05) is 19.0 Å². The van der Waals surface area contributed by atoms with Crippen LogP contribution >= 0.6 is 0 Å². The van der Waals surface area contributed by atoms with E-state index in [9.17, 15) is 4.79 Å². The summed E-state index contributed by atoms with van der Waals surface area (Å²) in [7, 11) is 0. The quantitative estimate of drug-likeness (QED) is 0.654. The van der Waals surface area contributed by atoms with Crippen LogP contribution in [0.1, 0.15) is 19.3 Å². The van der Waals surface area contributed by atoms with E-state index in [1.807, 2.05) is 4.90 Å². The highest BCUT2D eigenvalue weighted by Gasteiger charge is 2.47. The highest BCUT2D eigenvalue weighted by molar-refractivity contribution is 5.82. The molecule has 0 aromatic carbocycles. The summed E-state index contributed by atoms with van der Waals surface area (Å²) in [5.41, 5.74) is 5.40. The molecule has 1 heterocycles. The smallest absolute Gasteiger partial charge is 0.225 e. The highest BCUT2D eigenvalue weighted by Crippen LogP contribution is 2.45. The molecule has 0 spiro atoms. The van der Waals surface area contributed by atoms with Crippen molar-refractivity contribution < 1.29 is 4.79 Å². The molecule has 1 saturated heterocycles. The maximum absolute atomic E-state index is 11.6. The Hall–Kier alpha value is -0.570. The Morgan fingerprint density at radius 3 is 3.17 bits per heavy atom. The van der Waals surface area contributed by atoms with Crippen LogP contribution in [0.5, 0.6) is 0 Å². The molecule has 68 valence electrons. The molecule has 1 aliphatic carbocycles. The normalized spacial score (nSPS) is 33.4. The lowest BCUT2D eigenvalue weighted by Gasteiger charge is -2.26. The molecule has 1 amide bonds. The molecule has 0 aromatic heterocycles. The van der Waals surface area contributed by atoms with Crippen LogP contribution in [0.15, 0.2) is 0 Å². The summed E-state index contributed by atoms with van der Waals surface area (Å²) < 4.78 is 0. The van der Waals surface area contributed by atoms with Gasteiger partial charge in [-0.15, -0.1) is 0 Å². The Morgan fingerprint density at radius 2 is 2.42 bits per heavy atom. The van der Waals surface area contributed by atoms with Crippen molar-refractivity contribution >= 4 is 5.91 Å². The molecule has 1 saturated carbocycles. The summed E-state index contributed by atoms with van der Waals surface area (Å²) >= 11 is 0. The number of carbonyl (C=O) groups is 1. The Kier molecular flexibility index (Phi) is 2.05. The predicted octanol–water partition coefficient (Wildman–Crippen LogP) is 0.204. The summed E-state index contributed by atoms with van der Waals surface area (Å²) in [6.45, 7) is 2.54. The van der Waals surface area contributed by atoms with Crippen LogP contribution in [0.2, 0.25) is 0 Å². The van der Waals surface area contributed by atoms with E-state index in [2.05, 4.69) is 0 Å². The number of amides is 1. The third kappa shape index (κ3) is 1.33. The number of rotatable bonds is 3. The Balaban J connectivity index is 1.84. The zero-order chi connectivity index (χ0) is 8.55. The topological polar surface area (TPSA) is 46.3 Å². The molecule has 2 fully saturated rings. The van der Waals surface area contributed by atoms with Gasteiger partial charge in [0.1, 0.15) is 0 Å². The Bertz CT molecular complexity index is 193. The van der Waals surface area contributed by atoms with E-state index >= 15 is 0 Å². The number of fused-ring (bicyclic) bond motifs is 1. The number of hydrogen-bond donors (Lipinski definition) is 1. The molecule has 2 atom stereocenters. The van der Waals surface area contributed by atoms with Crippen LogP contribution in [0.4, 0.5) is 0 Å². The monoisotopic (exact) mass is 168 g/mol. The summed E-state index contributed by atoms with van der Waals surface area (Å²) in [6, 6.07) is 0. The van der Waals surface area contributed by atoms with Crippen molar-refractivity contribution in [1.29, 1.82) is 0 Å². The largest absolute Gasteiger partial charge is 0.342 e. The zero-order valence-corrected chi connectivity index (χ0v) is 7.33. The fraction of sp³-hybridized carbons (Fsp3) is 0.889. The molecule has 3 heteroatoms. The Labute approximate surface area is 72.9 Å². The van der Waals surface area contributed by atoms with Gasteiger partial charge in [-0.3, -0.25) is 4.79 Å². The molecule has 2 rings (SSSR count). The zero-order valence-electron chi connectivity index (χ0n) is 7.33. The van der Waals surface area contributed by atoms with Crippen molar-refractivity contribution in [2.75, 3.05) is 19.6 Å². The summed E-state index contributed by atoms with van der Waals surface area (Å²) in [5.74, 6) is 1.53. The summed E-state index contributed by atoms with van der Waals surface area (Å²) in [5, 5.41) is 0. The first-order valence-corrected chi connectivity index (χ1v) is 4.82. The molecule has 12 heavy (non-hydrogen) atoms. The molecule has 0 radical (unpaired) electrons. The van der Waals surface area contributed by atoms with E-state index in [4.69, 9.17) is 5.73 Å². The van der Waals surface area contributed by atoms with Crippen LogP contribution in [-0.2, 0) is 4.79 Å². The van der Waals surface area contributed by atoms with Gasteiger partial charge in [-0.05, 0) is 31.7 Å². The molecular weight excluding hydrogens is 152 g/mol. The van der Waals surface area contributed by atoms with Gasteiger partial charge in [0.05, 0.1) is 0 Å². The molecule has 2 aliphatic rings. The SMILES string of the molecule is NCCCN1CCC2CC2C1=O. The van der Waals surface area contributed by atoms with E-state index in [-0.39, 0.29) is 0 Å². The summed E-state index contributed by atoms with van der Waals surface area (Å²) in [4.78, 5) is 13.5. The number of piperidine rings is 1. The van der Waals surface area contributed by atoms with Crippen LogP contribution in [0, 0.1) is 11.8 Å². The van der Waals surface area contributed by atoms with Crippen LogP contribution in [0.25, 0.3) is 0 Å². The van der Waals surface area contributed by atoms with Gasteiger partial charge in [0.15, 0.2) is 0 Å². The van der Waals surface area contributed by atoms with Gasteiger partial charge in [-0.1, -0.05) is 0 Å². The first-order chi connectivity index (χ1) is 5.83. The first kappa shape index (κ1) is 8.05. The minimum Gasteiger partial charge on any atom is -0.342 e. The maximum Gasteiger partial charge on any atom is 0.225 e. The average Bonchev–Trinajstić information content (AvgIpc) is 2.83. The average molecular weight is 168 g/mol. The summed E-state index contributed by atoms with van der Waals surface area (Å²) in [6.07, 6.45) is 3.32.